The third kappa shape index (κ3) is 3.06. The van der Waals surface area contributed by atoms with Gasteiger partial charge in [0.1, 0.15) is 5.82 Å². The van der Waals surface area contributed by atoms with E-state index >= 15 is 0 Å². The first-order valence-electron chi connectivity index (χ1n) is 6.15. The van der Waals surface area contributed by atoms with Gasteiger partial charge in [-0.25, -0.2) is 14.4 Å². The second kappa shape index (κ2) is 6.24. The van der Waals surface area contributed by atoms with Crippen molar-refractivity contribution in [1.29, 1.82) is 0 Å². The zero-order valence-corrected chi connectivity index (χ0v) is 10.7. The molecular weight excluding hydrogens is 245 g/mol. The van der Waals surface area contributed by atoms with Crippen molar-refractivity contribution in [3.63, 3.8) is 0 Å². The lowest BCUT2D eigenvalue weighted by atomic mass is 9.98. The molecule has 100 valence electrons. The molecule has 1 heterocycles. The predicted octanol–water partition coefficient (Wildman–Crippen LogP) is 2.10. The van der Waals surface area contributed by atoms with Gasteiger partial charge in [-0.2, -0.15) is 0 Å². The van der Waals surface area contributed by atoms with Crippen LogP contribution in [-0.4, -0.2) is 23.1 Å². The normalized spacial score (nSPS) is 12.2. The van der Waals surface area contributed by atoms with Crippen molar-refractivity contribution >= 4 is 0 Å². The van der Waals surface area contributed by atoms with Gasteiger partial charge in [0, 0.05) is 18.9 Å². The van der Waals surface area contributed by atoms with Crippen LogP contribution in [0.25, 0.3) is 0 Å². The van der Waals surface area contributed by atoms with Crippen molar-refractivity contribution in [3.8, 4) is 5.75 Å². The lowest BCUT2D eigenvalue weighted by molar-refractivity contribution is 0.321. The fourth-order valence-electron chi connectivity index (χ4n) is 1.89. The van der Waals surface area contributed by atoms with Crippen LogP contribution < -0.4 is 10.5 Å². The number of nitrogens with zero attached hydrogens (tertiary/aromatic N) is 2. The van der Waals surface area contributed by atoms with Crippen LogP contribution in [0.1, 0.15) is 24.2 Å². The molecular formula is C14H16FN3O. The minimum atomic E-state index is -0.395. The Labute approximate surface area is 111 Å². The number of benzene rings is 1. The van der Waals surface area contributed by atoms with Crippen molar-refractivity contribution in [1.82, 2.24) is 9.97 Å². The van der Waals surface area contributed by atoms with Crippen molar-refractivity contribution in [2.24, 2.45) is 5.73 Å². The molecule has 0 saturated heterocycles. The molecule has 0 aliphatic rings. The summed E-state index contributed by atoms with van der Waals surface area (Å²) < 4.78 is 19.0. The van der Waals surface area contributed by atoms with Crippen molar-refractivity contribution < 1.29 is 9.13 Å². The number of aromatic nitrogens is 2. The third-order valence-electron chi connectivity index (χ3n) is 2.79. The van der Waals surface area contributed by atoms with E-state index in [1.54, 1.807) is 30.6 Å². The molecule has 2 rings (SSSR count). The lowest BCUT2D eigenvalue weighted by Gasteiger charge is -2.14. The van der Waals surface area contributed by atoms with Gasteiger partial charge in [-0.1, -0.05) is 6.07 Å². The number of rotatable bonds is 5. The molecule has 0 fully saturated rings. The molecule has 2 aromatic rings. The summed E-state index contributed by atoms with van der Waals surface area (Å²) in [6.07, 6.45) is 3.30. The van der Waals surface area contributed by atoms with Gasteiger partial charge >= 0.3 is 0 Å². The van der Waals surface area contributed by atoms with Crippen LogP contribution in [0.3, 0.4) is 0 Å². The highest BCUT2D eigenvalue weighted by Gasteiger charge is 2.17. The number of hydrogen-bond acceptors (Lipinski definition) is 4. The van der Waals surface area contributed by atoms with E-state index in [2.05, 4.69) is 9.97 Å². The van der Waals surface area contributed by atoms with E-state index in [4.69, 9.17) is 10.5 Å². The van der Waals surface area contributed by atoms with E-state index in [1.165, 1.54) is 6.07 Å². The van der Waals surface area contributed by atoms with Crippen molar-refractivity contribution in [2.45, 2.75) is 12.8 Å². The second-order valence-electron chi connectivity index (χ2n) is 4.02. The maximum absolute atomic E-state index is 13.8. The zero-order valence-electron chi connectivity index (χ0n) is 10.7. The van der Waals surface area contributed by atoms with Crippen LogP contribution in [0.4, 0.5) is 4.39 Å². The Balaban J connectivity index is 2.32. The quantitative estimate of drug-likeness (QED) is 0.895. The van der Waals surface area contributed by atoms with E-state index in [0.29, 0.717) is 19.0 Å². The van der Waals surface area contributed by atoms with E-state index < -0.39 is 5.82 Å². The van der Waals surface area contributed by atoms with Gasteiger partial charge in [0.25, 0.3) is 0 Å². The molecule has 0 bridgehead atoms. The Kier molecular flexibility index (Phi) is 4.41. The minimum Gasteiger partial charge on any atom is -0.491 e. The highest BCUT2D eigenvalue weighted by molar-refractivity contribution is 5.34. The summed E-state index contributed by atoms with van der Waals surface area (Å²) in [4.78, 5) is 8.34. The molecule has 1 atom stereocenters. The highest BCUT2D eigenvalue weighted by Crippen LogP contribution is 2.25. The topological polar surface area (TPSA) is 61.0 Å². The Morgan fingerprint density at radius 2 is 2.05 bits per heavy atom. The Morgan fingerprint density at radius 1 is 1.32 bits per heavy atom. The molecule has 0 aliphatic carbocycles. The van der Waals surface area contributed by atoms with Gasteiger partial charge in [-0.05, 0) is 30.7 Å². The van der Waals surface area contributed by atoms with Crippen LogP contribution in [0.2, 0.25) is 0 Å². The average Bonchev–Trinajstić information content (AvgIpc) is 2.44. The van der Waals surface area contributed by atoms with Crippen molar-refractivity contribution in [3.05, 3.63) is 53.9 Å². The lowest BCUT2D eigenvalue weighted by Crippen LogP contribution is -2.16. The molecule has 1 aromatic carbocycles. The van der Waals surface area contributed by atoms with Gasteiger partial charge in [-0.3, -0.25) is 0 Å². The molecule has 19 heavy (non-hydrogen) atoms. The third-order valence-corrected chi connectivity index (χ3v) is 2.79. The molecule has 1 unspecified atom stereocenters. The standard InChI is InChI=1S/C14H16FN3O/c1-2-19-13-5-4-10(8-12(13)15)11(9-16)14-17-6-3-7-18-14/h3-8,11H,2,9,16H2,1H3. The monoisotopic (exact) mass is 261 g/mol. The zero-order chi connectivity index (χ0) is 13.7. The van der Waals surface area contributed by atoms with Gasteiger partial charge in [0.05, 0.1) is 12.5 Å². The van der Waals surface area contributed by atoms with Crippen molar-refractivity contribution in [2.75, 3.05) is 13.2 Å². The number of halogens is 1. The van der Waals surface area contributed by atoms with E-state index in [9.17, 15) is 4.39 Å². The van der Waals surface area contributed by atoms with Gasteiger partial charge in [0.15, 0.2) is 11.6 Å². The molecule has 0 saturated carbocycles. The smallest absolute Gasteiger partial charge is 0.165 e. The fourth-order valence-corrected chi connectivity index (χ4v) is 1.89. The fraction of sp³-hybridized carbons (Fsp3) is 0.286. The maximum atomic E-state index is 13.8. The largest absolute Gasteiger partial charge is 0.491 e. The maximum Gasteiger partial charge on any atom is 0.165 e. The molecule has 0 amide bonds. The summed E-state index contributed by atoms with van der Waals surface area (Å²) in [7, 11) is 0. The van der Waals surface area contributed by atoms with E-state index in [-0.39, 0.29) is 11.7 Å². The minimum absolute atomic E-state index is 0.216. The van der Waals surface area contributed by atoms with Gasteiger partial charge in [0.2, 0.25) is 0 Å². The Bertz CT molecular complexity index is 533. The molecule has 0 aliphatic heterocycles. The summed E-state index contributed by atoms with van der Waals surface area (Å²) in [5, 5.41) is 0. The molecule has 2 N–H and O–H groups in total. The molecule has 0 spiro atoms. The van der Waals surface area contributed by atoms with Crippen LogP contribution >= 0.6 is 0 Å². The first-order chi connectivity index (χ1) is 9.26. The van der Waals surface area contributed by atoms with Crippen LogP contribution in [-0.2, 0) is 0 Å². The Morgan fingerprint density at radius 3 is 2.63 bits per heavy atom. The first kappa shape index (κ1) is 13.4. The van der Waals surface area contributed by atoms with Crippen LogP contribution in [0.15, 0.2) is 36.7 Å². The summed E-state index contributed by atoms with van der Waals surface area (Å²) in [5.74, 6) is 0.227. The Hall–Kier alpha value is -2.01. The van der Waals surface area contributed by atoms with Crippen LogP contribution in [0, 0.1) is 5.82 Å². The summed E-state index contributed by atoms with van der Waals surface area (Å²) in [5.41, 5.74) is 6.49. The number of nitrogens with two attached hydrogens (primary N) is 1. The average molecular weight is 261 g/mol. The number of hydrogen-bond donors (Lipinski definition) is 1. The molecule has 4 nitrogen and oxygen atoms in total. The molecule has 0 radical (unpaired) electrons. The van der Waals surface area contributed by atoms with E-state index in [0.717, 1.165) is 5.56 Å². The summed E-state index contributed by atoms with van der Waals surface area (Å²) >= 11 is 0. The predicted molar refractivity (Wildman–Crippen MR) is 70.5 cm³/mol. The highest BCUT2D eigenvalue weighted by atomic mass is 19.1. The summed E-state index contributed by atoms with van der Waals surface area (Å²) in [6.45, 7) is 2.56. The first-order valence-corrected chi connectivity index (χ1v) is 6.15. The molecule has 5 heteroatoms. The second-order valence-corrected chi connectivity index (χ2v) is 4.02. The van der Waals surface area contributed by atoms with Gasteiger partial charge in [-0.15, -0.1) is 0 Å². The SMILES string of the molecule is CCOc1ccc(C(CN)c2ncccn2)cc1F. The van der Waals surface area contributed by atoms with Gasteiger partial charge < -0.3 is 10.5 Å². The van der Waals surface area contributed by atoms with E-state index in [1.807, 2.05) is 6.92 Å². The number of ether oxygens (including phenoxy) is 1. The van der Waals surface area contributed by atoms with Crippen LogP contribution in [0.5, 0.6) is 5.75 Å². The summed E-state index contributed by atoms with van der Waals surface area (Å²) in [6, 6.07) is 6.57. The molecule has 1 aromatic heterocycles.